The largest absolute Gasteiger partial charge is 0.421 e. The smallest absolute Gasteiger partial charge is 0.394 e. The normalized spacial score (nSPS) is 12.3. The van der Waals surface area contributed by atoms with Gasteiger partial charge >= 0.3 is 7.67 Å². The standard InChI is InChI=1S/C16H24N3O3P/c1-16(2,3)15(20)13-10-12(11-17)8-9-14(13)22-23(21,18(4)5)19(6)7/h8-10H,1-7H3. The minimum absolute atomic E-state index is 0.173. The molecule has 0 N–H and O–H groups in total. The van der Waals surface area contributed by atoms with Gasteiger partial charge in [-0.3, -0.25) is 4.79 Å². The Hall–Kier alpha value is -1.67. The predicted molar refractivity (Wildman–Crippen MR) is 90.6 cm³/mol. The van der Waals surface area contributed by atoms with Crippen LogP contribution in [0.15, 0.2) is 18.2 Å². The molecule has 0 saturated carbocycles. The van der Waals surface area contributed by atoms with Crippen LogP contribution < -0.4 is 4.52 Å². The summed E-state index contributed by atoms with van der Waals surface area (Å²) in [6, 6.07) is 6.57. The molecule has 0 radical (unpaired) electrons. The third-order valence-corrected chi connectivity index (χ3v) is 5.72. The van der Waals surface area contributed by atoms with Gasteiger partial charge in [0, 0.05) is 5.41 Å². The van der Waals surface area contributed by atoms with E-state index in [4.69, 9.17) is 9.79 Å². The third-order valence-electron chi connectivity index (χ3n) is 3.26. The number of nitriles is 1. The molecular formula is C16H24N3O3P. The molecule has 0 aliphatic heterocycles. The van der Waals surface area contributed by atoms with Crippen molar-refractivity contribution in [2.75, 3.05) is 28.2 Å². The Kier molecular flexibility index (Phi) is 5.76. The fourth-order valence-electron chi connectivity index (χ4n) is 1.91. The van der Waals surface area contributed by atoms with E-state index in [2.05, 4.69) is 0 Å². The van der Waals surface area contributed by atoms with Crippen LogP contribution in [-0.2, 0) is 4.57 Å². The highest BCUT2D eigenvalue weighted by molar-refractivity contribution is 7.54. The molecule has 1 rings (SSSR count). The molecule has 0 aliphatic carbocycles. The van der Waals surface area contributed by atoms with Gasteiger partial charge in [-0.2, -0.15) is 5.26 Å². The molecule has 0 unspecified atom stereocenters. The summed E-state index contributed by atoms with van der Waals surface area (Å²) in [5.41, 5.74) is -0.0261. The van der Waals surface area contributed by atoms with Crippen LogP contribution in [0.25, 0.3) is 0 Å². The molecule has 0 heterocycles. The van der Waals surface area contributed by atoms with Gasteiger partial charge < -0.3 is 4.52 Å². The van der Waals surface area contributed by atoms with Crippen LogP contribution in [0.1, 0.15) is 36.7 Å². The number of hydrogen-bond donors (Lipinski definition) is 0. The number of benzene rings is 1. The Bertz CT molecular complexity index is 673. The van der Waals surface area contributed by atoms with Crippen molar-refractivity contribution in [3.05, 3.63) is 29.3 Å². The van der Waals surface area contributed by atoms with E-state index in [0.717, 1.165) is 0 Å². The molecule has 0 bridgehead atoms. The molecule has 0 amide bonds. The average Bonchev–Trinajstić information content (AvgIpc) is 2.45. The average molecular weight is 337 g/mol. The summed E-state index contributed by atoms with van der Waals surface area (Å²) in [7, 11) is 3.30. The van der Waals surface area contributed by atoms with E-state index in [1.165, 1.54) is 21.5 Å². The van der Waals surface area contributed by atoms with E-state index >= 15 is 0 Å². The lowest BCUT2D eigenvalue weighted by atomic mass is 9.86. The molecule has 1 aromatic rings. The Morgan fingerprint density at radius 2 is 1.70 bits per heavy atom. The first-order valence-electron chi connectivity index (χ1n) is 7.17. The lowest BCUT2D eigenvalue weighted by Crippen LogP contribution is -2.26. The highest BCUT2D eigenvalue weighted by Crippen LogP contribution is 2.51. The Morgan fingerprint density at radius 3 is 2.09 bits per heavy atom. The summed E-state index contributed by atoms with van der Waals surface area (Å²) in [6.45, 7) is 5.36. The fourth-order valence-corrected chi connectivity index (χ4v) is 3.37. The molecule has 0 aromatic heterocycles. The van der Waals surface area contributed by atoms with Crippen molar-refractivity contribution in [2.24, 2.45) is 5.41 Å². The van der Waals surface area contributed by atoms with Crippen LogP contribution in [-0.4, -0.2) is 43.3 Å². The second-order valence-corrected chi connectivity index (χ2v) is 9.44. The van der Waals surface area contributed by atoms with Crippen molar-refractivity contribution in [2.45, 2.75) is 20.8 Å². The van der Waals surface area contributed by atoms with Gasteiger partial charge in [0.1, 0.15) is 5.75 Å². The Morgan fingerprint density at radius 1 is 1.17 bits per heavy atom. The number of ketones is 1. The summed E-state index contributed by atoms with van der Waals surface area (Å²) in [5, 5.41) is 9.07. The number of Topliss-reactive ketones (excluding diaryl/α,β-unsaturated/α-hetero) is 1. The molecule has 0 fully saturated rings. The van der Waals surface area contributed by atoms with Crippen LogP contribution >= 0.6 is 7.67 Å². The number of carbonyl (C=O) groups is 1. The van der Waals surface area contributed by atoms with E-state index in [1.54, 1.807) is 55.0 Å². The van der Waals surface area contributed by atoms with E-state index in [9.17, 15) is 9.36 Å². The summed E-state index contributed by atoms with van der Waals surface area (Å²) in [6.07, 6.45) is 0. The molecule has 6 nitrogen and oxygen atoms in total. The van der Waals surface area contributed by atoms with Crippen molar-refractivity contribution < 1.29 is 13.9 Å². The summed E-state index contributed by atoms with van der Waals surface area (Å²) < 4.78 is 21.7. The monoisotopic (exact) mass is 337 g/mol. The van der Waals surface area contributed by atoms with E-state index in [1.807, 2.05) is 6.07 Å². The highest BCUT2D eigenvalue weighted by atomic mass is 31.2. The first kappa shape index (κ1) is 19.4. The van der Waals surface area contributed by atoms with Crippen molar-refractivity contribution in [3.63, 3.8) is 0 Å². The van der Waals surface area contributed by atoms with Crippen molar-refractivity contribution in [1.82, 2.24) is 9.34 Å². The van der Waals surface area contributed by atoms with Gasteiger partial charge in [0.25, 0.3) is 0 Å². The molecule has 0 aliphatic rings. The van der Waals surface area contributed by atoms with Gasteiger partial charge in [0.05, 0.1) is 17.2 Å². The van der Waals surface area contributed by atoms with Gasteiger partial charge in [0.2, 0.25) is 0 Å². The van der Waals surface area contributed by atoms with Gasteiger partial charge in [0.15, 0.2) is 5.78 Å². The van der Waals surface area contributed by atoms with Crippen LogP contribution in [0.5, 0.6) is 5.75 Å². The molecule has 0 atom stereocenters. The number of rotatable bonds is 5. The molecule has 0 saturated heterocycles. The highest BCUT2D eigenvalue weighted by Gasteiger charge is 2.34. The lowest BCUT2D eigenvalue weighted by molar-refractivity contribution is 0.0856. The molecule has 126 valence electrons. The molecule has 7 heteroatoms. The van der Waals surface area contributed by atoms with Gasteiger partial charge in [-0.15, -0.1) is 0 Å². The second kappa shape index (κ2) is 6.84. The first-order valence-corrected chi connectivity index (χ1v) is 8.70. The number of hydrogen-bond acceptors (Lipinski definition) is 4. The summed E-state index contributed by atoms with van der Waals surface area (Å²) in [4.78, 5) is 12.7. The minimum atomic E-state index is -3.30. The maximum Gasteiger partial charge on any atom is 0.394 e. The third kappa shape index (κ3) is 4.20. The zero-order chi connectivity index (χ0) is 18.0. The van der Waals surface area contributed by atoms with Gasteiger partial charge in [-0.25, -0.2) is 13.9 Å². The quantitative estimate of drug-likeness (QED) is 0.606. The maximum atomic E-state index is 13.0. The number of carbonyl (C=O) groups excluding carboxylic acids is 1. The summed E-state index contributed by atoms with van der Waals surface area (Å²) in [5.74, 6) is 0.0447. The van der Waals surface area contributed by atoms with Crippen molar-refractivity contribution in [1.29, 1.82) is 5.26 Å². The Balaban J connectivity index is 3.46. The van der Waals surface area contributed by atoms with Crippen molar-refractivity contribution in [3.8, 4) is 11.8 Å². The fraction of sp³-hybridized carbons (Fsp3) is 0.500. The molecular weight excluding hydrogens is 313 g/mol. The van der Waals surface area contributed by atoms with E-state index in [0.29, 0.717) is 5.56 Å². The van der Waals surface area contributed by atoms with Crippen LogP contribution in [0.3, 0.4) is 0 Å². The lowest BCUT2D eigenvalue weighted by Gasteiger charge is -2.30. The zero-order valence-electron chi connectivity index (χ0n) is 14.7. The summed E-state index contributed by atoms with van der Waals surface area (Å²) >= 11 is 0. The van der Waals surface area contributed by atoms with E-state index in [-0.39, 0.29) is 17.1 Å². The van der Waals surface area contributed by atoms with Crippen LogP contribution in [0, 0.1) is 16.7 Å². The van der Waals surface area contributed by atoms with Crippen LogP contribution in [0.2, 0.25) is 0 Å². The molecule has 23 heavy (non-hydrogen) atoms. The maximum absolute atomic E-state index is 13.0. The second-order valence-electron chi connectivity index (χ2n) is 6.68. The van der Waals surface area contributed by atoms with Crippen molar-refractivity contribution >= 4 is 13.5 Å². The zero-order valence-corrected chi connectivity index (χ0v) is 15.6. The minimum Gasteiger partial charge on any atom is -0.421 e. The first-order chi connectivity index (χ1) is 10.4. The molecule has 0 spiro atoms. The van der Waals surface area contributed by atoms with Gasteiger partial charge in [-0.05, 0) is 46.4 Å². The Labute approximate surface area is 138 Å². The van der Waals surface area contributed by atoms with Crippen LogP contribution in [0.4, 0.5) is 0 Å². The number of nitrogens with zero attached hydrogens (tertiary/aromatic N) is 3. The van der Waals surface area contributed by atoms with Gasteiger partial charge in [-0.1, -0.05) is 20.8 Å². The van der Waals surface area contributed by atoms with E-state index < -0.39 is 13.1 Å². The predicted octanol–water partition coefficient (Wildman–Crippen LogP) is 3.40. The SMILES string of the molecule is CN(C)P(=O)(Oc1ccc(C#N)cc1C(=O)C(C)(C)C)N(C)C. The molecule has 1 aromatic carbocycles. The topological polar surface area (TPSA) is 73.6 Å².